The Hall–Kier alpha value is -8.50. The average molecular weight is 1580 g/mol. The summed E-state index contributed by atoms with van der Waals surface area (Å²) in [6.45, 7) is 7.87. The van der Waals surface area contributed by atoms with Gasteiger partial charge >= 0.3 is 23.9 Å². The first kappa shape index (κ1) is 89.7. The van der Waals surface area contributed by atoms with E-state index in [4.69, 9.17) is 35.5 Å². The molecule has 0 bridgehead atoms. The van der Waals surface area contributed by atoms with Gasteiger partial charge in [-0.25, -0.2) is 19.2 Å². The molecule has 0 aliphatic carbocycles. The number of amides is 11. The molecular weight excluding hydrogens is 1460 g/mol. The molecule has 2 aromatic rings. The van der Waals surface area contributed by atoms with Crippen LogP contribution in [0.25, 0.3) is 0 Å². The highest BCUT2D eigenvalue weighted by Crippen LogP contribution is 2.35. The van der Waals surface area contributed by atoms with E-state index in [1.165, 1.54) is 64.4 Å². The number of aromatic amines is 1. The second-order valence-electron chi connectivity index (χ2n) is 29.3. The van der Waals surface area contributed by atoms with Gasteiger partial charge in [-0.1, -0.05) is 110 Å². The third-order valence-corrected chi connectivity index (χ3v) is 19.5. The lowest BCUT2D eigenvalue weighted by Crippen LogP contribution is -2.69. The molecule has 4 saturated heterocycles. The van der Waals surface area contributed by atoms with Crippen LogP contribution in [0, 0.1) is 11.8 Å². The molecule has 1 aromatic heterocycles. The van der Waals surface area contributed by atoms with Crippen molar-refractivity contribution in [2.45, 2.75) is 274 Å². The summed E-state index contributed by atoms with van der Waals surface area (Å²) < 4.78 is 43.6. The Kier molecular flexibility index (Phi) is 37.1. The van der Waals surface area contributed by atoms with E-state index in [0.29, 0.717) is 42.9 Å². The van der Waals surface area contributed by atoms with Gasteiger partial charge in [-0.3, -0.25) is 52.8 Å². The van der Waals surface area contributed by atoms with Gasteiger partial charge in [-0.15, -0.1) is 0 Å². The third kappa shape index (κ3) is 29.2. The molecule has 3 unspecified atom stereocenters. The Morgan fingerprint density at radius 3 is 1.90 bits per heavy atom. The Labute approximate surface area is 645 Å². The van der Waals surface area contributed by atoms with Gasteiger partial charge in [0.2, 0.25) is 41.4 Å². The predicted molar refractivity (Wildman–Crippen MR) is 396 cm³/mol. The van der Waals surface area contributed by atoms with Gasteiger partial charge in [0.1, 0.15) is 86.2 Å². The molecule has 622 valence electrons. The van der Waals surface area contributed by atoms with Crippen molar-refractivity contribution in [2.75, 3.05) is 52.2 Å². The van der Waals surface area contributed by atoms with Crippen LogP contribution in [-0.4, -0.2) is 264 Å². The summed E-state index contributed by atoms with van der Waals surface area (Å²) in [6.07, 6.45) is -10.6. The number of likely N-dealkylation sites (N-methyl/N-ethyl adjacent to an activating group) is 2. The van der Waals surface area contributed by atoms with Crippen molar-refractivity contribution in [3.05, 3.63) is 75.1 Å². The first-order valence-electron chi connectivity index (χ1n) is 38.7. The summed E-state index contributed by atoms with van der Waals surface area (Å²) in [6, 6.07) is 0.795. The highest BCUT2D eigenvalue weighted by molar-refractivity contribution is 6.02. The normalized spacial score (nSPS) is 25.5. The number of nitrogens with zero attached hydrogens (tertiary/aromatic N) is 4. The van der Waals surface area contributed by atoms with Crippen LogP contribution in [0.4, 0.5) is 20.1 Å². The van der Waals surface area contributed by atoms with E-state index in [-0.39, 0.29) is 58.5 Å². The molecule has 0 spiro atoms. The molecule has 11 amide bonds. The van der Waals surface area contributed by atoms with Crippen molar-refractivity contribution in [1.82, 2.24) is 50.8 Å². The lowest BCUT2D eigenvalue weighted by molar-refractivity contribution is -0.346. The van der Waals surface area contributed by atoms with Gasteiger partial charge in [-0.2, -0.15) is 0 Å². The number of aliphatic hydroxyl groups excluding tert-OH is 7. The molecule has 0 radical (unpaired) electrons. The number of likely N-dealkylation sites (tertiary alicyclic amines) is 1. The van der Waals surface area contributed by atoms with Crippen LogP contribution in [0.5, 0.6) is 0 Å². The number of primary amides is 1. The molecule has 5 heterocycles. The largest absolute Gasteiger partial charge is 0.447 e. The van der Waals surface area contributed by atoms with E-state index in [2.05, 4.69) is 45.7 Å². The molecule has 4 aliphatic rings. The number of ether oxygens (including phenoxy) is 6. The maximum absolute atomic E-state index is 13.8. The minimum atomic E-state index is -1.99. The van der Waals surface area contributed by atoms with Crippen molar-refractivity contribution < 1.29 is 113 Å². The summed E-state index contributed by atoms with van der Waals surface area (Å²) in [5.74, 6) is -3.91. The lowest BCUT2D eigenvalue weighted by Gasteiger charge is -2.47. The fourth-order valence-electron chi connectivity index (χ4n) is 13.0. The number of hydrogen-bond donors (Lipinski definition) is 15. The number of nitrogens with two attached hydrogens (primary N) is 1. The lowest BCUT2D eigenvalue weighted by atomic mass is 9.91. The number of H-pyrrole nitrogens is 1. The van der Waals surface area contributed by atoms with Crippen molar-refractivity contribution in [3.8, 4) is 0 Å². The Morgan fingerprint density at radius 1 is 0.694 bits per heavy atom. The van der Waals surface area contributed by atoms with Crippen molar-refractivity contribution >= 4 is 65.3 Å². The molecule has 111 heavy (non-hydrogen) atoms. The van der Waals surface area contributed by atoms with Crippen LogP contribution >= 0.6 is 0 Å². The number of urea groups is 1. The maximum Gasteiger partial charge on any atom is 0.409 e. The maximum atomic E-state index is 13.8. The second kappa shape index (κ2) is 45.9. The van der Waals surface area contributed by atoms with Gasteiger partial charge in [0, 0.05) is 92.2 Å². The van der Waals surface area contributed by atoms with Gasteiger partial charge in [0.25, 0.3) is 5.56 Å². The second-order valence-corrected chi connectivity index (χ2v) is 29.3. The number of unbranched alkanes of at least 4 members (excludes halogenated alkanes) is 11. The third-order valence-electron chi connectivity index (χ3n) is 19.5. The first-order chi connectivity index (χ1) is 53.1. The topological polar surface area (TPSA) is 530 Å². The summed E-state index contributed by atoms with van der Waals surface area (Å²) in [7, 11) is 2.72. The number of benzene rings is 1. The van der Waals surface area contributed by atoms with Gasteiger partial charge in [0.05, 0.1) is 12.2 Å². The number of hydrogen-bond acceptors (Lipinski definition) is 25. The molecule has 4 aliphatic heterocycles. The first-order valence-corrected chi connectivity index (χ1v) is 38.1. The molecule has 0 saturated carbocycles. The molecule has 16 N–H and O–H groups in total. The highest BCUT2D eigenvalue weighted by atomic mass is 16.8. The van der Waals surface area contributed by atoms with E-state index < -0.39 is 200 Å². The quantitative estimate of drug-likeness (QED) is 0.0242. The van der Waals surface area contributed by atoms with Crippen LogP contribution in [0.3, 0.4) is 0 Å². The van der Waals surface area contributed by atoms with E-state index in [9.17, 15) is 93.3 Å². The number of carbonyl (C=O) groups excluding carboxylic acids is 10. The molecule has 4 fully saturated rings. The SMILES string of the molecule is [3H]C1CC(=O)N(CCCCCC(=O)NC(C(=O)NC(CCCNC(N)=O)C(=O)Nc2ccc(COC(=O)N(C)CCN(C)C(=O)OC[C@H]3O[C@H](O[C@@H]4O[C@H](C[C@@H](O)[C@H]5O[C@@H](n6ccc(=O)[nH]c6=O)[C@H](O)[C@@H]5O)[C@H](O)[C@H](O)[C@H]4NC(=O)/C=C\CCCCCCCCCCCC(C)C)[C@H](NC(C)=O)[C@@H](O)[C@@H]3O)cc2)C(C)C)C1=O. The fraction of sp³-hybridized carbons (Fsp3) is 0.703. The Bertz CT molecular complexity index is 3550. The number of imide groups is 1. The van der Waals surface area contributed by atoms with E-state index >= 15 is 0 Å². The van der Waals surface area contributed by atoms with Crippen molar-refractivity contribution in [1.29, 1.82) is 0 Å². The number of aromatic nitrogens is 2. The Balaban J connectivity index is 1.02. The van der Waals surface area contributed by atoms with Gasteiger partial charge in [0.15, 0.2) is 18.8 Å². The van der Waals surface area contributed by atoms with Crippen LogP contribution in [0.15, 0.2) is 58.3 Å². The number of rotatable bonds is 44. The number of allylic oxidation sites excluding steroid dienone is 1. The smallest absolute Gasteiger partial charge is 0.409 e. The van der Waals surface area contributed by atoms with E-state index in [1.807, 2.05) is 4.98 Å². The zero-order chi connectivity index (χ0) is 82.5. The Morgan fingerprint density at radius 2 is 1.30 bits per heavy atom. The summed E-state index contributed by atoms with van der Waals surface area (Å²) in [5, 5.41) is 95.6. The van der Waals surface area contributed by atoms with Crippen molar-refractivity contribution in [3.63, 3.8) is 0 Å². The number of aliphatic hydroxyl groups is 7. The van der Waals surface area contributed by atoms with E-state index in [0.717, 1.165) is 70.6 Å². The van der Waals surface area contributed by atoms with Crippen LogP contribution in [0.1, 0.15) is 176 Å². The van der Waals surface area contributed by atoms with Crippen molar-refractivity contribution in [2.24, 2.45) is 17.6 Å². The van der Waals surface area contributed by atoms with Gasteiger partial charge < -0.3 is 112 Å². The molecule has 37 nitrogen and oxygen atoms in total. The summed E-state index contributed by atoms with van der Waals surface area (Å²) >= 11 is 0. The minimum absolute atomic E-state index is 0.0352. The summed E-state index contributed by atoms with van der Waals surface area (Å²) in [5.41, 5.74) is 4.22. The zero-order valence-corrected chi connectivity index (χ0v) is 64.2. The highest BCUT2D eigenvalue weighted by Gasteiger charge is 2.54. The molecule has 37 heteroatoms. The molecule has 6 rings (SSSR count). The van der Waals surface area contributed by atoms with Crippen LogP contribution < -0.4 is 48.9 Å². The predicted octanol–water partition coefficient (Wildman–Crippen LogP) is 0.369. The number of carbonyl (C=O) groups is 10. The fourth-order valence-corrected chi connectivity index (χ4v) is 13.0. The van der Waals surface area contributed by atoms with Gasteiger partial charge in [-0.05, 0) is 74.1 Å². The standard InChI is InChI=1S/C74H116N12O25/c1-42(2)23-18-15-13-11-9-8-10-12-14-16-19-25-52(90)81-58-62(97)59(94)49(39-48(88)65-63(98)64(99)68(110-65)86-36-33-53(91)82-72(86)103)108-70(58)111-69-57(77-44(5)87)61(96)60(95)50(109-69)41-107-74(105)84(7)38-37-83(6)73(104)106-40-45-27-29-46(30-28-45)78-66(100)47(24-22-34-76-71(75)102)79-67(101)56(43(3)4)80-51(89)26-20-17-21-35-85-54(92)31-32-55(85)93/h19,25,27-30,33,36,42-43,47-50,56-65,68-70,88,94-99H,8-18,20-24,26,31-32,34-35,37-41H2,1-7H3,(H,77,87)(H,78,100)(H,79,101)(H,80,89)(H,81,90)(H3,75,76,102)(H,82,91,103)/b25-19-/t47?,48-,49-,50-,56?,57-,58-,59+,60-,61-,62-,63+,64-,65-,68-,69-,70+/m1/s1/i31T/t31?,47?,48-,49-,50-,56?,57-,58-,59+,60-,61-,62-,63+,64-,65-,68-,69-,70+. The minimum Gasteiger partial charge on any atom is -0.447 e. The zero-order valence-electron chi connectivity index (χ0n) is 65.2. The van der Waals surface area contributed by atoms with Crippen LogP contribution in [-0.2, 0) is 68.6 Å². The monoisotopic (exact) mass is 1570 g/mol. The van der Waals surface area contributed by atoms with Crippen LogP contribution in [0.2, 0.25) is 0 Å². The average Bonchev–Trinajstić information content (AvgIpc) is 1.31. The molecule has 1 aromatic carbocycles. The van der Waals surface area contributed by atoms with E-state index in [1.54, 1.807) is 32.1 Å². The summed E-state index contributed by atoms with van der Waals surface area (Å²) in [4.78, 5) is 159. The number of anilines is 1. The molecule has 18 atom stereocenters. The number of nitrogens with one attached hydrogen (secondary N) is 7. The molecular formula is C74H116N12O25.